The summed E-state index contributed by atoms with van der Waals surface area (Å²) in [5.41, 5.74) is 6.57. The number of rotatable bonds is 6. The smallest absolute Gasteiger partial charge is 0.252 e. The first-order chi connectivity index (χ1) is 15.7. The maximum Gasteiger partial charge on any atom is 0.252 e. The van der Waals surface area contributed by atoms with Crippen molar-refractivity contribution in [3.63, 3.8) is 0 Å². The molecule has 5 nitrogen and oxygen atoms in total. The van der Waals surface area contributed by atoms with Crippen LogP contribution in [0.25, 0.3) is 0 Å². The van der Waals surface area contributed by atoms with Crippen LogP contribution in [0.5, 0.6) is 5.75 Å². The number of hydrogen-bond acceptors (Lipinski definition) is 4. The maximum absolute atomic E-state index is 12.7. The van der Waals surface area contributed by atoms with Gasteiger partial charge in [0.25, 0.3) is 5.91 Å². The predicted octanol–water partition coefficient (Wildman–Crippen LogP) is 4.38. The highest BCUT2D eigenvalue weighted by molar-refractivity contribution is 6.19. The lowest BCUT2D eigenvalue weighted by Gasteiger charge is -2.38. The number of benzene rings is 3. The molecule has 3 aromatic carbocycles. The second-order valence-electron chi connectivity index (χ2n) is 8.54. The van der Waals surface area contributed by atoms with Gasteiger partial charge in [-0.2, -0.15) is 5.10 Å². The summed E-state index contributed by atoms with van der Waals surface area (Å²) >= 11 is 0. The fourth-order valence-electron chi connectivity index (χ4n) is 4.61. The van der Waals surface area contributed by atoms with Crippen LogP contribution < -0.4 is 10.2 Å². The van der Waals surface area contributed by atoms with Gasteiger partial charge in [-0.3, -0.25) is 9.69 Å². The Morgan fingerprint density at radius 1 is 0.844 bits per heavy atom. The molecular formula is C27H27N3O2. The van der Waals surface area contributed by atoms with Gasteiger partial charge in [-0.1, -0.05) is 72.8 Å². The predicted molar refractivity (Wildman–Crippen MR) is 125 cm³/mol. The van der Waals surface area contributed by atoms with Gasteiger partial charge in [0.2, 0.25) is 0 Å². The van der Waals surface area contributed by atoms with Crippen LogP contribution in [0.2, 0.25) is 0 Å². The Morgan fingerprint density at radius 2 is 1.50 bits per heavy atom. The van der Waals surface area contributed by atoms with Crippen LogP contribution in [-0.4, -0.2) is 29.6 Å². The number of piperidine rings is 1. The number of amides is 1. The van der Waals surface area contributed by atoms with Crippen molar-refractivity contribution in [1.29, 1.82) is 0 Å². The highest BCUT2D eigenvalue weighted by Crippen LogP contribution is 2.39. The molecule has 1 N–H and O–H groups in total. The molecule has 1 fully saturated rings. The lowest BCUT2D eigenvalue weighted by molar-refractivity contribution is -0.128. The molecule has 0 unspecified atom stereocenters. The van der Waals surface area contributed by atoms with E-state index in [2.05, 4.69) is 39.7 Å². The summed E-state index contributed by atoms with van der Waals surface area (Å²) in [6.45, 7) is 3.17. The maximum atomic E-state index is 12.7. The zero-order chi connectivity index (χ0) is 21.8. The zero-order valence-electron chi connectivity index (χ0n) is 18.0. The minimum Gasteiger partial charge on any atom is -0.489 e. The van der Waals surface area contributed by atoms with E-state index in [-0.39, 0.29) is 5.91 Å². The van der Waals surface area contributed by atoms with Crippen molar-refractivity contribution < 1.29 is 9.53 Å². The number of carbonyl (C=O) groups is 1. The van der Waals surface area contributed by atoms with Crippen LogP contribution in [0, 0.1) is 5.41 Å². The molecule has 0 radical (unpaired) electrons. The number of nitrogens with one attached hydrogen (secondary N) is 1. The Kier molecular flexibility index (Phi) is 5.73. The highest BCUT2D eigenvalue weighted by atomic mass is 16.5. The van der Waals surface area contributed by atoms with Gasteiger partial charge >= 0.3 is 0 Å². The van der Waals surface area contributed by atoms with Crippen molar-refractivity contribution >= 4 is 11.6 Å². The van der Waals surface area contributed by atoms with Crippen molar-refractivity contribution in [1.82, 2.24) is 10.3 Å². The first kappa shape index (κ1) is 20.5. The minimum absolute atomic E-state index is 0.0379. The van der Waals surface area contributed by atoms with E-state index in [0.29, 0.717) is 6.61 Å². The molecule has 5 rings (SSSR count). The second kappa shape index (κ2) is 8.97. The zero-order valence-corrected chi connectivity index (χ0v) is 18.0. The molecule has 1 saturated heterocycles. The van der Waals surface area contributed by atoms with Crippen LogP contribution >= 0.6 is 0 Å². The van der Waals surface area contributed by atoms with E-state index in [1.165, 1.54) is 5.56 Å². The average Bonchev–Trinajstić information content (AvgIpc) is 3.16. The molecule has 1 spiro atoms. The highest BCUT2D eigenvalue weighted by Gasteiger charge is 2.49. The number of hydrogen-bond donors (Lipinski definition) is 1. The van der Waals surface area contributed by atoms with Gasteiger partial charge in [0, 0.05) is 6.54 Å². The third kappa shape index (κ3) is 4.16. The Bertz CT molecular complexity index is 1090. The first-order valence-electron chi connectivity index (χ1n) is 11.1. The number of ether oxygens (including phenoxy) is 1. The fourth-order valence-corrected chi connectivity index (χ4v) is 4.61. The Balaban J connectivity index is 1.18. The molecule has 3 aromatic rings. The molecule has 5 heteroatoms. The molecule has 2 aliphatic heterocycles. The molecule has 0 bridgehead atoms. The summed E-state index contributed by atoms with van der Waals surface area (Å²) in [5, 5.41) is 4.41. The third-order valence-electron chi connectivity index (χ3n) is 6.49. The van der Waals surface area contributed by atoms with Gasteiger partial charge in [0.05, 0.1) is 11.1 Å². The summed E-state index contributed by atoms with van der Waals surface area (Å²) in [6, 6.07) is 28.6. The molecule has 0 aliphatic carbocycles. The van der Waals surface area contributed by atoms with E-state index in [1.807, 2.05) is 60.7 Å². The third-order valence-corrected chi connectivity index (χ3v) is 6.49. The molecule has 0 atom stereocenters. The summed E-state index contributed by atoms with van der Waals surface area (Å²) in [6.07, 6.45) is 1.57. The van der Waals surface area contributed by atoms with Crippen molar-refractivity contribution in [3.8, 4) is 5.75 Å². The normalized spacial score (nSPS) is 17.8. The molecular weight excluding hydrogens is 398 g/mol. The lowest BCUT2D eigenvalue weighted by atomic mass is 9.72. The largest absolute Gasteiger partial charge is 0.489 e. The summed E-state index contributed by atoms with van der Waals surface area (Å²) < 4.78 is 5.89. The first-order valence-corrected chi connectivity index (χ1v) is 11.1. The van der Waals surface area contributed by atoms with E-state index in [4.69, 9.17) is 4.74 Å². The van der Waals surface area contributed by atoms with Gasteiger partial charge in [-0.25, -0.2) is 5.43 Å². The molecule has 2 aliphatic rings. The van der Waals surface area contributed by atoms with Crippen molar-refractivity contribution in [2.45, 2.75) is 26.0 Å². The number of nitrogens with zero attached hydrogens (tertiary/aromatic N) is 2. The standard InChI is InChI=1S/C27H27N3O2/c31-26-27(25(28-29-26)23-9-5-2-6-10-23)15-17-30(18-16-27)19-21-11-13-24(14-12-21)32-20-22-7-3-1-4-8-22/h1-14H,15-20H2,(H,29,31). The van der Waals surface area contributed by atoms with Gasteiger partial charge in [0.15, 0.2) is 0 Å². The molecule has 0 saturated carbocycles. The lowest BCUT2D eigenvalue weighted by Crippen LogP contribution is -2.48. The van der Waals surface area contributed by atoms with Crippen molar-refractivity contribution in [2.24, 2.45) is 10.5 Å². The molecule has 1 amide bonds. The summed E-state index contributed by atoms with van der Waals surface area (Å²) in [4.78, 5) is 15.2. The minimum atomic E-state index is -0.507. The van der Waals surface area contributed by atoms with E-state index in [0.717, 1.165) is 55.1 Å². The summed E-state index contributed by atoms with van der Waals surface area (Å²) in [5.74, 6) is 0.914. The van der Waals surface area contributed by atoms with Crippen LogP contribution in [0.1, 0.15) is 29.5 Å². The SMILES string of the molecule is O=C1NN=C(c2ccccc2)C12CCN(Cc1ccc(OCc3ccccc3)cc1)CC2. The van der Waals surface area contributed by atoms with Crippen molar-refractivity contribution in [3.05, 3.63) is 102 Å². The number of hydrazone groups is 1. The fraction of sp³-hybridized carbons (Fsp3) is 0.259. The van der Waals surface area contributed by atoms with E-state index >= 15 is 0 Å². The van der Waals surface area contributed by atoms with Gasteiger partial charge < -0.3 is 4.74 Å². The average molecular weight is 426 g/mol. The monoisotopic (exact) mass is 425 g/mol. The number of carbonyl (C=O) groups excluding carboxylic acids is 1. The molecule has 32 heavy (non-hydrogen) atoms. The summed E-state index contributed by atoms with van der Waals surface area (Å²) in [7, 11) is 0. The van der Waals surface area contributed by atoms with Crippen molar-refractivity contribution in [2.75, 3.05) is 13.1 Å². The van der Waals surface area contributed by atoms with Gasteiger partial charge in [-0.05, 0) is 54.8 Å². The van der Waals surface area contributed by atoms with E-state index < -0.39 is 5.41 Å². The van der Waals surface area contributed by atoms with Crippen LogP contribution in [-0.2, 0) is 17.9 Å². The Hall–Kier alpha value is -3.44. The Labute approximate surface area is 188 Å². The van der Waals surface area contributed by atoms with Crippen LogP contribution in [0.15, 0.2) is 90.0 Å². The van der Waals surface area contributed by atoms with Crippen LogP contribution in [0.4, 0.5) is 0 Å². The topological polar surface area (TPSA) is 53.9 Å². The molecule has 162 valence electrons. The van der Waals surface area contributed by atoms with Crippen LogP contribution in [0.3, 0.4) is 0 Å². The van der Waals surface area contributed by atoms with E-state index in [1.54, 1.807) is 0 Å². The Morgan fingerprint density at radius 3 is 2.19 bits per heavy atom. The van der Waals surface area contributed by atoms with Gasteiger partial charge in [-0.15, -0.1) is 0 Å². The van der Waals surface area contributed by atoms with Gasteiger partial charge in [0.1, 0.15) is 12.4 Å². The second-order valence-corrected chi connectivity index (χ2v) is 8.54. The molecule has 0 aromatic heterocycles. The van der Waals surface area contributed by atoms with E-state index in [9.17, 15) is 4.79 Å². The number of likely N-dealkylation sites (tertiary alicyclic amines) is 1. The molecule has 2 heterocycles. The quantitative estimate of drug-likeness (QED) is 0.638.